The highest BCUT2D eigenvalue weighted by molar-refractivity contribution is 7.11. The van der Waals surface area contributed by atoms with Crippen molar-refractivity contribution >= 4 is 11.3 Å². The SMILES string of the molecule is Cc1cccc(CCc2nnc(CNC3CC3)s2)c1. The lowest BCUT2D eigenvalue weighted by atomic mass is 10.1. The molecule has 1 aliphatic carbocycles. The van der Waals surface area contributed by atoms with E-state index in [0.29, 0.717) is 0 Å². The molecule has 1 aromatic carbocycles. The molecule has 4 heteroatoms. The molecule has 0 unspecified atom stereocenters. The first-order valence-corrected chi connectivity index (χ1v) is 7.71. The lowest BCUT2D eigenvalue weighted by Gasteiger charge is -2.00. The number of benzene rings is 1. The molecular formula is C15H19N3S. The Balaban J connectivity index is 1.51. The minimum Gasteiger partial charge on any atom is -0.308 e. The Kier molecular flexibility index (Phi) is 3.89. The van der Waals surface area contributed by atoms with Crippen LogP contribution in [0.15, 0.2) is 24.3 Å². The molecule has 0 saturated heterocycles. The van der Waals surface area contributed by atoms with E-state index < -0.39 is 0 Å². The van der Waals surface area contributed by atoms with E-state index in [-0.39, 0.29) is 0 Å². The number of rotatable bonds is 6. The minimum atomic E-state index is 0.736. The molecule has 0 amide bonds. The third-order valence-corrected chi connectivity index (χ3v) is 4.32. The van der Waals surface area contributed by atoms with Crippen molar-refractivity contribution in [3.63, 3.8) is 0 Å². The van der Waals surface area contributed by atoms with Crippen LogP contribution in [-0.2, 0) is 19.4 Å². The summed E-state index contributed by atoms with van der Waals surface area (Å²) in [4.78, 5) is 0. The highest BCUT2D eigenvalue weighted by atomic mass is 32.1. The van der Waals surface area contributed by atoms with Gasteiger partial charge in [0.25, 0.3) is 0 Å². The maximum atomic E-state index is 4.28. The summed E-state index contributed by atoms with van der Waals surface area (Å²) in [6.07, 6.45) is 4.68. The van der Waals surface area contributed by atoms with Crippen LogP contribution < -0.4 is 5.32 Å². The van der Waals surface area contributed by atoms with E-state index in [2.05, 4.69) is 46.7 Å². The number of nitrogens with one attached hydrogen (secondary N) is 1. The Morgan fingerprint density at radius 2 is 2.05 bits per heavy atom. The van der Waals surface area contributed by atoms with Gasteiger partial charge >= 0.3 is 0 Å². The summed E-state index contributed by atoms with van der Waals surface area (Å²) in [7, 11) is 0. The van der Waals surface area contributed by atoms with Crippen molar-refractivity contribution in [2.75, 3.05) is 0 Å². The molecule has 3 rings (SSSR count). The zero-order chi connectivity index (χ0) is 13.1. The van der Waals surface area contributed by atoms with Gasteiger partial charge < -0.3 is 5.32 Å². The van der Waals surface area contributed by atoms with Crippen LogP contribution in [-0.4, -0.2) is 16.2 Å². The second-order valence-electron chi connectivity index (χ2n) is 5.23. The van der Waals surface area contributed by atoms with Crippen molar-refractivity contribution in [3.8, 4) is 0 Å². The average Bonchev–Trinajstić information content (AvgIpc) is 3.13. The third-order valence-electron chi connectivity index (χ3n) is 3.34. The third kappa shape index (κ3) is 3.85. The largest absolute Gasteiger partial charge is 0.308 e. The first kappa shape index (κ1) is 12.8. The lowest BCUT2D eigenvalue weighted by molar-refractivity contribution is 0.678. The van der Waals surface area contributed by atoms with Crippen LogP contribution in [0.2, 0.25) is 0 Å². The van der Waals surface area contributed by atoms with E-state index in [1.165, 1.54) is 24.0 Å². The van der Waals surface area contributed by atoms with Gasteiger partial charge in [0.05, 0.1) is 0 Å². The Hall–Kier alpha value is -1.26. The van der Waals surface area contributed by atoms with Gasteiger partial charge in [-0.2, -0.15) is 0 Å². The predicted octanol–water partition coefficient (Wildman–Crippen LogP) is 2.88. The molecule has 0 atom stereocenters. The molecule has 0 radical (unpaired) electrons. The first-order chi connectivity index (χ1) is 9.29. The van der Waals surface area contributed by atoms with Crippen LogP contribution >= 0.6 is 11.3 Å². The molecule has 1 aliphatic rings. The molecule has 0 spiro atoms. The maximum Gasteiger partial charge on any atom is 0.131 e. The van der Waals surface area contributed by atoms with Crippen molar-refractivity contribution in [3.05, 3.63) is 45.4 Å². The van der Waals surface area contributed by atoms with Crippen LogP contribution in [0.3, 0.4) is 0 Å². The Morgan fingerprint density at radius 1 is 1.21 bits per heavy atom. The van der Waals surface area contributed by atoms with Gasteiger partial charge in [-0.3, -0.25) is 0 Å². The smallest absolute Gasteiger partial charge is 0.131 e. The lowest BCUT2D eigenvalue weighted by Crippen LogP contribution is -2.14. The van der Waals surface area contributed by atoms with Crippen LogP contribution in [0.25, 0.3) is 0 Å². The molecule has 19 heavy (non-hydrogen) atoms. The monoisotopic (exact) mass is 273 g/mol. The summed E-state index contributed by atoms with van der Waals surface area (Å²) in [5.74, 6) is 0. The summed E-state index contributed by atoms with van der Waals surface area (Å²) in [5, 5.41) is 14.3. The predicted molar refractivity (Wildman–Crippen MR) is 78.4 cm³/mol. The van der Waals surface area contributed by atoms with Crippen molar-refractivity contribution in [2.24, 2.45) is 0 Å². The normalized spacial score (nSPS) is 14.8. The van der Waals surface area contributed by atoms with E-state index in [4.69, 9.17) is 0 Å². The summed E-state index contributed by atoms with van der Waals surface area (Å²) in [6, 6.07) is 9.42. The van der Waals surface area contributed by atoms with E-state index in [1.54, 1.807) is 11.3 Å². The Bertz CT molecular complexity index is 546. The van der Waals surface area contributed by atoms with Crippen molar-refractivity contribution < 1.29 is 0 Å². The highest BCUT2D eigenvalue weighted by Crippen LogP contribution is 2.20. The molecule has 0 bridgehead atoms. The fraction of sp³-hybridized carbons (Fsp3) is 0.467. The highest BCUT2D eigenvalue weighted by Gasteiger charge is 2.20. The first-order valence-electron chi connectivity index (χ1n) is 6.90. The quantitative estimate of drug-likeness (QED) is 0.879. The van der Waals surface area contributed by atoms with Gasteiger partial charge in [-0.25, -0.2) is 0 Å². The van der Waals surface area contributed by atoms with Crippen molar-refractivity contribution in [1.29, 1.82) is 0 Å². The summed E-state index contributed by atoms with van der Waals surface area (Å²) < 4.78 is 0. The summed E-state index contributed by atoms with van der Waals surface area (Å²) in [5.41, 5.74) is 2.71. The zero-order valence-corrected chi connectivity index (χ0v) is 12.0. The molecule has 1 saturated carbocycles. The van der Waals surface area contributed by atoms with Gasteiger partial charge in [-0.1, -0.05) is 29.8 Å². The van der Waals surface area contributed by atoms with Crippen LogP contribution in [0.1, 0.15) is 34.0 Å². The number of hydrogen-bond acceptors (Lipinski definition) is 4. The Morgan fingerprint density at radius 3 is 2.84 bits per heavy atom. The molecule has 1 heterocycles. The number of hydrogen-bond donors (Lipinski definition) is 1. The van der Waals surface area contributed by atoms with Gasteiger partial charge in [0.2, 0.25) is 0 Å². The molecule has 1 aromatic heterocycles. The Labute approximate surface area is 118 Å². The van der Waals surface area contributed by atoms with Gasteiger partial charge in [-0.15, -0.1) is 21.5 Å². The fourth-order valence-electron chi connectivity index (χ4n) is 2.10. The summed E-state index contributed by atoms with van der Waals surface area (Å²) in [6.45, 7) is 3.02. The van der Waals surface area contributed by atoms with Crippen LogP contribution in [0.4, 0.5) is 0 Å². The van der Waals surface area contributed by atoms with Crippen LogP contribution in [0, 0.1) is 6.92 Å². The fourth-order valence-corrected chi connectivity index (χ4v) is 2.89. The van der Waals surface area contributed by atoms with Gasteiger partial charge in [0.1, 0.15) is 10.0 Å². The van der Waals surface area contributed by atoms with Crippen molar-refractivity contribution in [2.45, 2.75) is 45.2 Å². The van der Waals surface area contributed by atoms with Gasteiger partial charge in [0.15, 0.2) is 0 Å². The van der Waals surface area contributed by atoms with E-state index >= 15 is 0 Å². The standard InChI is InChI=1S/C15H19N3S/c1-11-3-2-4-12(9-11)5-8-14-17-18-15(19-14)10-16-13-6-7-13/h2-4,9,13,16H,5-8,10H2,1H3. The van der Waals surface area contributed by atoms with E-state index in [1.807, 2.05) is 0 Å². The molecule has 3 nitrogen and oxygen atoms in total. The van der Waals surface area contributed by atoms with Gasteiger partial charge in [-0.05, 0) is 31.7 Å². The number of aromatic nitrogens is 2. The molecule has 0 aliphatic heterocycles. The maximum absolute atomic E-state index is 4.28. The van der Waals surface area contributed by atoms with Crippen LogP contribution in [0.5, 0.6) is 0 Å². The zero-order valence-electron chi connectivity index (χ0n) is 11.2. The molecule has 2 aromatic rings. The number of nitrogens with zero attached hydrogens (tertiary/aromatic N) is 2. The van der Waals surface area contributed by atoms with E-state index in [9.17, 15) is 0 Å². The molecule has 1 N–H and O–H groups in total. The molecular weight excluding hydrogens is 254 g/mol. The average molecular weight is 273 g/mol. The topological polar surface area (TPSA) is 37.8 Å². The van der Waals surface area contributed by atoms with Crippen molar-refractivity contribution in [1.82, 2.24) is 15.5 Å². The second kappa shape index (κ2) is 5.80. The molecule has 1 fully saturated rings. The second-order valence-corrected chi connectivity index (χ2v) is 6.38. The number of aryl methyl sites for hydroxylation is 3. The summed E-state index contributed by atoms with van der Waals surface area (Å²) >= 11 is 1.74. The van der Waals surface area contributed by atoms with E-state index in [0.717, 1.165) is 35.4 Å². The molecule has 100 valence electrons. The van der Waals surface area contributed by atoms with Gasteiger partial charge in [0, 0.05) is 19.0 Å². The minimum absolute atomic E-state index is 0.736.